The highest BCUT2D eigenvalue weighted by Gasteiger charge is 2.08. The topological polar surface area (TPSA) is 58.4 Å². The van der Waals surface area contributed by atoms with Crippen molar-refractivity contribution in [2.45, 2.75) is 26.8 Å². The molecule has 0 saturated heterocycles. The number of oxazole rings is 1. The molecule has 0 radical (unpaired) electrons. The molecule has 0 aromatic carbocycles. The molecule has 0 bridgehead atoms. The van der Waals surface area contributed by atoms with Crippen molar-refractivity contribution in [2.75, 3.05) is 19.6 Å². The second kappa shape index (κ2) is 7.00. The minimum atomic E-state index is 0.190. The monoisotopic (exact) mass is 225 g/mol. The first-order valence-corrected chi connectivity index (χ1v) is 5.63. The van der Waals surface area contributed by atoms with Gasteiger partial charge in [-0.2, -0.15) is 0 Å². The number of carbonyl (C=O) groups is 1. The van der Waals surface area contributed by atoms with Gasteiger partial charge in [0.1, 0.15) is 5.76 Å². The summed E-state index contributed by atoms with van der Waals surface area (Å²) in [6, 6.07) is 0. The fourth-order valence-corrected chi connectivity index (χ4v) is 1.47. The Morgan fingerprint density at radius 1 is 1.50 bits per heavy atom. The molecule has 1 amide bonds. The lowest BCUT2D eigenvalue weighted by atomic mass is 10.3. The highest BCUT2D eigenvalue weighted by atomic mass is 16.3. The van der Waals surface area contributed by atoms with Gasteiger partial charge in [0.25, 0.3) is 0 Å². The van der Waals surface area contributed by atoms with Crippen LogP contribution >= 0.6 is 0 Å². The van der Waals surface area contributed by atoms with Crippen molar-refractivity contribution >= 4 is 5.91 Å². The third-order valence-corrected chi connectivity index (χ3v) is 2.41. The SMILES string of the molecule is CCN(CC)C(=O)CCNCc1cnco1. The van der Waals surface area contributed by atoms with Crippen molar-refractivity contribution in [1.29, 1.82) is 0 Å². The number of nitrogens with one attached hydrogen (secondary N) is 1. The van der Waals surface area contributed by atoms with Crippen molar-refractivity contribution in [1.82, 2.24) is 15.2 Å². The Balaban J connectivity index is 2.13. The van der Waals surface area contributed by atoms with Crippen LogP contribution in [0.4, 0.5) is 0 Å². The second-order valence-electron chi connectivity index (χ2n) is 3.46. The van der Waals surface area contributed by atoms with Gasteiger partial charge in [-0.3, -0.25) is 4.79 Å². The Bertz CT molecular complexity index is 294. The van der Waals surface area contributed by atoms with Crippen LogP contribution in [0, 0.1) is 0 Å². The molecular weight excluding hydrogens is 206 g/mol. The number of carbonyl (C=O) groups excluding carboxylic acids is 1. The van der Waals surface area contributed by atoms with Crippen molar-refractivity contribution < 1.29 is 9.21 Å². The van der Waals surface area contributed by atoms with Gasteiger partial charge >= 0.3 is 0 Å². The lowest BCUT2D eigenvalue weighted by molar-refractivity contribution is -0.130. The van der Waals surface area contributed by atoms with E-state index in [4.69, 9.17) is 4.42 Å². The molecule has 0 fully saturated rings. The van der Waals surface area contributed by atoms with Crippen LogP contribution in [0.1, 0.15) is 26.0 Å². The molecule has 0 spiro atoms. The van der Waals surface area contributed by atoms with E-state index >= 15 is 0 Å². The van der Waals surface area contributed by atoms with Crippen LogP contribution in [0.3, 0.4) is 0 Å². The summed E-state index contributed by atoms with van der Waals surface area (Å²) in [5.74, 6) is 0.977. The largest absolute Gasteiger partial charge is 0.447 e. The highest BCUT2D eigenvalue weighted by Crippen LogP contribution is 1.96. The molecule has 5 heteroatoms. The minimum Gasteiger partial charge on any atom is -0.447 e. The standard InChI is InChI=1S/C11H19N3O2/c1-3-14(4-2)11(15)5-6-12-7-10-8-13-9-16-10/h8-9,12H,3-7H2,1-2H3. The van der Waals surface area contributed by atoms with Crippen molar-refractivity contribution in [3.63, 3.8) is 0 Å². The van der Waals surface area contributed by atoms with Crippen molar-refractivity contribution in [2.24, 2.45) is 0 Å². The van der Waals surface area contributed by atoms with Crippen LogP contribution < -0.4 is 5.32 Å². The quantitative estimate of drug-likeness (QED) is 0.704. The summed E-state index contributed by atoms with van der Waals surface area (Å²) in [5, 5.41) is 3.14. The van der Waals surface area contributed by atoms with Gasteiger partial charge in [0.15, 0.2) is 6.39 Å². The molecule has 0 aliphatic rings. The number of aromatic nitrogens is 1. The molecule has 1 N–H and O–H groups in total. The van der Waals surface area contributed by atoms with Crippen LogP contribution in [0.25, 0.3) is 0 Å². The first kappa shape index (κ1) is 12.7. The average Bonchev–Trinajstić information content (AvgIpc) is 2.79. The molecule has 0 saturated carbocycles. The fourth-order valence-electron chi connectivity index (χ4n) is 1.47. The van der Waals surface area contributed by atoms with E-state index in [9.17, 15) is 4.79 Å². The van der Waals surface area contributed by atoms with Crippen LogP contribution in [0.15, 0.2) is 17.0 Å². The lowest BCUT2D eigenvalue weighted by Crippen LogP contribution is -2.32. The molecule has 1 aromatic rings. The van der Waals surface area contributed by atoms with Gasteiger partial charge in [-0.05, 0) is 13.8 Å². The maximum Gasteiger partial charge on any atom is 0.223 e. The Morgan fingerprint density at radius 3 is 2.81 bits per heavy atom. The Labute approximate surface area is 95.8 Å². The molecule has 0 aliphatic heterocycles. The fraction of sp³-hybridized carbons (Fsp3) is 0.636. The van der Waals surface area contributed by atoms with Gasteiger partial charge in [-0.15, -0.1) is 0 Å². The maximum atomic E-state index is 11.6. The first-order valence-electron chi connectivity index (χ1n) is 5.63. The van der Waals surface area contributed by atoms with Crippen LogP contribution in [-0.2, 0) is 11.3 Å². The van der Waals surface area contributed by atoms with Gasteiger partial charge in [0.05, 0.1) is 12.7 Å². The zero-order chi connectivity index (χ0) is 11.8. The number of hydrogen-bond donors (Lipinski definition) is 1. The summed E-state index contributed by atoms with van der Waals surface area (Å²) in [6.45, 7) is 6.81. The third kappa shape index (κ3) is 4.02. The smallest absolute Gasteiger partial charge is 0.223 e. The Morgan fingerprint density at radius 2 is 2.25 bits per heavy atom. The molecule has 0 unspecified atom stereocenters. The van der Waals surface area contributed by atoms with Gasteiger partial charge < -0.3 is 14.6 Å². The van der Waals surface area contributed by atoms with E-state index in [0.717, 1.165) is 18.8 Å². The number of hydrogen-bond acceptors (Lipinski definition) is 4. The summed E-state index contributed by atoms with van der Waals surface area (Å²) >= 11 is 0. The Kier molecular flexibility index (Phi) is 5.56. The van der Waals surface area contributed by atoms with E-state index in [0.29, 0.717) is 19.5 Å². The van der Waals surface area contributed by atoms with Crippen LogP contribution in [0.5, 0.6) is 0 Å². The van der Waals surface area contributed by atoms with E-state index in [1.165, 1.54) is 6.39 Å². The van der Waals surface area contributed by atoms with Gasteiger partial charge in [0.2, 0.25) is 5.91 Å². The molecule has 1 heterocycles. The van der Waals surface area contributed by atoms with Crippen molar-refractivity contribution in [3.8, 4) is 0 Å². The van der Waals surface area contributed by atoms with Crippen LogP contribution in [-0.4, -0.2) is 35.4 Å². The lowest BCUT2D eigenvalue weighted by Gasteiger charge is -2.18. The molecule has 5 nitrogen and oxygen atoms in total. The molecule has 1 aromatic heterocycles. The highest BCUT2D eigenvalue weighted by molar-refractivity contribution is 5.76. The second-order valence-corrected chi connectivity index (χ2v) is 3.46. The summed E-state index contributed by atoms with van der Waals surface area (Å²) in [4.78, 5) is 17.3. The molecule has 90 valence electrons. The summed E-state index contributed by atoms with van der Waals surface area (Å²) in [7, 11) is 0. The van der Waals surface area contributed by atoms with E-state index in [1.807, 2.05) is 18.7 Å². The predicted molar refractivity (Wildman–Crippen MR) is 60.8 cm³/mol. The maximum absolute atomic E-state index is 11.6. The summed E-state index contributed by atoms with van der Waals surface area (Å²) in [6.07, 6.45) is 3.59. The molecule has 0 aliphatic carbocycles. The Hall–Kier alpha value is -1.36. The number of amides is 1. The third-order valence-electron chi connectivity index (χ3n) is 2.41. The molecule has 16 heavy (non-hydrogen) atoms. The van der Waals surface area contributed by atoms with Gasteiger partial charge in [-0.25, -0.2) is 4.98 Å². The number of rotatable bonds is 7. The molecule has 1 rings (SSSR count). The van der Waals surface area contributed by atoms with Gasteiger partial charge in [-0.1, -0.05) is 0 Å². The minimum absolute atomic E-state index is 0.190. The zero-order valence-corrected chi connectivity index (χ0v) is 9.90. The van der Waals surface area contributed by atoms with Crippen molar-refractivity contribution in [3.05, 3.63) is 18.4 Å². The summed E-state index contributed by atoms with van der Waals surface area (Å²) < 4.78 is 5.06. The van der Waals surface area contributed by atoms with E-state index in [2.05, 4.69) is 10.3 Å². The average molecular weight is 225 g/mol. The van der Waals surface area contributed by atoms with E-state index in [1.54, 1.807) is 6.20 Å². The first-order chi connectivity index (χ1) is 7.77. The predicted octanol–water partition coefficient (Wildman–Crippen LogP) is 1.02. The zero-order valence-electron chi connectivity index (χ0n) is 9.90. The molecule has 0 atom stereocenters. The summed E-state index contributed by atoms with van der Waals surface area (Å²) in [5.41, 5.74) is 0. The van der Waals surface area contributed by atoms with E-state index in [-0.39, 0.29) is 5.91 Å². The normalized spacial score (nSPS) is 10.4. The van der Waals surface area contributed by atoms with E-state index < -0.39 is 0 Å². The van der Waals surface area contributed by atoms with Gasteiger partial charge in [0, 0.05) is 26.1 Å². The number of nitrogens with zero attached hydrogens (tertiary/aromatic N) is 2. The van der Waals surface area contributed by atoms with Crippen LogP contribution in [0.2, 0.25) is 0 Å². The molecular formula is C11H19N3O2.